The second kappa shape index (κ2) is 23.6. The first-order chi connectivity index (χ1) is 28.4. The zero-order valence-corrected chi connectivity index (χ0v) is 33.7. The molecule has 2 aliphatic heterocycles. The number of hydrogen-bond donors (Lipinski definition) is 7. The number of aliphatic hydroxyl groups excluding tert-OH is 1. The summed E-state index contributed by atoms with van der Waals surface area (Å²) in [7, 11) is 0. The molecule has 5 amide bonds. The van der Waals surface area contributed by atoms with Crippen LogP contribution in [0.5, 0.6) is 0 Å². The molecule has 0 saturated heterocycles. The van der Waals surface area contributed by atoms with Crippen molar-refractivity contribution in [3.8, 4) is 11.1 Å². The summed E-state index contributed by atoms with van der Waals surface area (Å²) < 4.78 is 0. The third-order valence-electron chi connectivity index (χ3n) is 8.89. The van der Waals surface area contributed by atoms with Gasteiger partial charge in [-0.25, -0.2) is 4.79 Å². The fraction of sp³-hybridized carbons (Fsp3) is 0.244. The van der Waals surface area contributed by atoms with Crippen LogP contribution in [0.15, 0.2) is 127 Å². The molecule has 13 nitrogen and oxygen atoms in total. The molecule has 14 heteroatoms. The number of aliphatic carboxylic acids is 1. The van der Waals surface area contributed by atoms with Gasteiger partial charge < -0.3 is 36.8 Å². The largest absolute Gasteiger partial charge is 0.480 e. The van der Waals surface area contributed by atoms with Crippen molar-refractivity contribution in [2.75, 3.05) is 18.4 Å². The Hall–Kier alpha value is -6.64. The monoisotopic (exact) mass is 819 g/mol. The lowest BCUT2D eigenvalue weighted by Crippen LogP contribution is -2.51. The second-order valence-electron chi connectivity index (χ2n) is 13.5. The van der Waals surface area contributed by atoms with Crippen LogP contribution in [0.3, 0.4) is 0 Å². The Morgan fingerprint density at radius 2 is 1.31 bits per heavy atom. The van der Waals surface area contributed by atoms with Crippen molar-refractivity contribution in [2.45, 2.75) is 57.7 Å². The molecule has 308 valence electrons. The van der Waals surface area contributed by atoms with Gasteiger partial charge in [-0.05, 0) is 59.2 Å². The third kappa shape index (κ3) is 16.0. The molecular weight excluding hydrogens is 771 g/mol. The van der Waals surface area contributed by atoms with Crippen molar-refractivity contribution in [2.24, 2.45) is 0 Å². The summed E-state index contributed by atoms with van der Waals surface area (Å²) in [5, 5.41) is 33.4. The normalized spacial score (nSPS) is 17.7. The van der Waals surface area contributed by atoms with Gasteiger partial charge in [0.25, 0.3) is 5.91 Å². The average Bonchev–Trinajstić information content (AvgIpc) is 3.76. The lowest BCUT2D eigenvalue weighted by Gasteiger charge is -2.19. The van der Waals surface area contributed by atoms with E-state index in [1.165, 1.54) is 57.9 Å². The van der Waals surface area contributed by atoms with E-state index >= 15 is 0 Å². The number of benzene rings is 4. The van der Waals surface area contributed by atoms with Crippen molar-refractivity contribution in [1.29, 1.82) is 0 Å². The van der Waals surface area contributed by atoms with Gasteiger partial charge in [0.05, 0.1) is 19.5 Å². The Kier molecular flexibility index (Phi) is 18.0. The SMILES string of the molecule is CCc1ccccc1.Cc1ccc(-c2ccccc2)cc1.O=C1CNC(=O)[C@@H](Cc2cccs2)NC(=O)C[C@@H](O)C(=O)Nc2ccc(cc2)C[C@@H](C(=O)O)NC(=O)CN1. The van der Waals surface area contributed by atoms with Crippen LogP contribution in [0, 0.1) is 6.92 Å². The van der Waals surface area contributed by atoms with Crippen LogP contribution in [-0.4, -0.2) is 77.0 Å². The number of rotatable bonds is 5. The van der Waals surface area contributed by atoms with Gasteiger partial charge in [0, 0.05) is 23.4 Å². The van der Waals surface area contributed by atoms with E-state index in [4.69, 9.17) is 0 Å². The number of aryl methyl sites for hydroxylation is 2. The van der Waals surface area contributed by atoms with Gasteiger partial charge in [0.2, 0.25) is 23.6 Å². The zero-order valence-electron chi connectivity index (χ0n) is 32.9. The Balaban J connectivity index is 0.000000293. The van der Waals surface area contributed by atoms with Crippen molar-refractivity contribution < 1.29 is 39.0 Å². The number of carbonyl (C=O) groups is 6. The number of thiophene rings is 1. The van der Waals surface area contributed by atoms with E-state index in [0.717, 1.165) is 11.3 Å². The van der Waals surface area contributed by atoms with Crippen LogP contribution in [0.2, 0.25) is 0 Å². The highest BCUT2D eigenvalue weighted by Gasteiger charge is 2.26. The quantitative estimate of drug-likeness (QED) is 0.126. The molecule has 0 saturated carbocycles. The number of carboxylic acids is 1. The average molecular weight is 820 g/mol. The van der Waals surface area contributed by atoms with Crippen LogP contribution in [-0.2, 0) is 48.0 Å². The van der Waals surface area contributed by atoms with Gasteiger partial charge in [0.1, 0.15) is 18.2 Å². The van der Waals surface area contributed by atoms with Crippen LogP contribution in [0.25, 0.3) is 11.1 Å². The molecule has 7 N–H and O–H groups in total. The molecular formula is C45H49N5O8S. The Bertz CT molecular complexity index is 2110. The molecule has 0 spiro atoms. The first kappa shape index (κ1) is 45.1. The second-order valence-corrected chi connectivity index (χ2v) is 14.6. The molecule has 4 aromatic carbocycles. The summed E-state index contributed by atoms with van der Waals surface area (Å²) in [5.41, 5.74) is 6.10. The number of fused-ring (bicyclic) bond motifs is 18. The Morgan fingerprint density at radius 3 is 1.90 bits per heavy atom. The molecule has 3 atom stereocenters. The van der Waals surface area contributed by atoms with E-state index in [2.05, 4.69) is 113 Å². The van der Waals surface area contributed by atoms with Crippen molar-refractivity contribution in [1.82, 2.24) is 21.3 Å². The molecule has 0 fully saturated rings. The third-order valence-corrected chi connectivity index (χ3v) is 9.79. The predicted molar refractivity (Wildman–Crippen MR) is 227 cm³/mol. The first-order valence-electron chi connectivity index (χ1n) is 19.0. The minimum atomic E-state index is -1.72. The van der Waals surface area contributed by atoms with Gasteiger partial charge in [-0.15, -0.1) is 11.3 Å². The molecule has 0 radical (unpaired) electrons. The molecule has 0 aliphatic carbocycles. The van der Waals surface area contributed by atoms with E-state index < -0.39 is 73.2 Å². The van der Waals surface area contributed by atoms with E-state index in [0.29, 0.717) is 5.56 Å². The van der Waals surface area contributed by atoms with E-state index in [-0.39, 0.29) is 18.5 Å². The number of amides is 5. The van der Waals surface area contributed by atoms with Crippen LogP contribution < -0.4 is 26.6 Å². The number of hydrogen-bond acceptors (Lipinski definition) is 8. The zero-order chi connectivity index (χ0) is 42.6. The molecule has 7 rings (SSSR count). The van der Waals surface area contributed by atoms with Crippen molar-refractivity contribution in [3.05, 3.63) is 148 Å². The summed E-state index contributed by atoms with van der Waals surface area (Å²) in [5.74, 6) is -5.05. The molecule has 1 aromatic heterocycles. The molecule has 2 aliphatic rings. The number of nitrogens with one attached hydrogen (secondary N) is 5. The fourth-order valence-electron chi connectivity index (χ4n) is 5.61. The lowest BCUT2D eigenvalue weighted by atomic mass is 10.0. The number of carboxylic acid groups (broad SMARTS) is 1. The van der Waals surface area contributed by atoms with Gasteiger partial charge >= 0.3 is 5.97 Å². The summed E-state index contributed by atoms with van der Waals surface area (Å²) in [6, 6.07) is 36.6. The molecule has 5 aromatic rings. The van der Waals surface area contributed by atoms with Gasteiger partial charge in [-0.3, -0.25) is 24.0 Å². The summed E-state index contributed by atoms with van der Waals surface area (Å²) in [6.07, 6.45) is -1.17. The standard InChI is InChI=1S/C24H27N5O8S.C13H12.C8H10/c30-18-10-19(31)28-16(9-15-2-1-7-38-15)22(34)26-11-20(32)25-12-21(33)29-17(24(36)37)8-13-3-5-14(6-4-13)27-23(18)35;1-11-7-9-13(10-8-11)12-5-3-2-4-6-12;1-2-8-6-4-3-5-7-8/h1-7,16-18,30H,8-12H2,(H,25,32)(H,26,34)(H,27,35)(H,28,31)(H,29,33)(H,36,37);2-10H,1H3;3-7H,2H2,1H3/t16-,17+,18-;;/m1../s1. The molecule has 0 unspecified atom stereocenters. The molecule has 2 bridgehead atoms. The Labute approximate surface area is 347 Å². The summed E-state index contributed by atoms with van der Waals surface area (Å²) in [4.78, 5) is 74.5. The van der Waals surface area contributed by atoms with E-state index in [1.807, 2.05) is 12.1 Å². The lowest BCUT2D eigenvalue weighted by molar-refractivity contribution is -0.141. The minimum Gasteiger partial charge on any atom is -0.480 e. The smallest absolute Gasteiger partial charge is 0.326 e. The van der Waals surface area contributed by atoms with Gasteiger partial charge in [-0.2, -0.15) is 0 Å². The van der Waals surface area contributed by atoms with Crippen molar-refractivity contribution in [3.63, 3.8) is 0 Å². The van der Waals surface area contributed by atoms with E-state index in [1.54, 1.807) is 17.5 Å². The maximum atomic E-state index is 12.8. The topological polar surface area (TPSA) is 203 Å². The molecule has 3 heterocycles. The van der Waals surface area contributed by atoms with Gasteiger partial charge in [-0.1, -0.05) is 116 Å². The summed E-state index contributed by atoms with van der Waals surface area (Å²) >= 11 is 1.35. The minimum absolute atomic E-state index is 0.0757. The summed E-state index contributed by atoms with van der Waals surface area (Å²) in [6.45, 7) is 3.24. The highest BCUT2D eigenvalue weighted by atomic mass is 32.1. The van der Waals surface area contributed by atoms with Crippen LogP contribution in [0.4, 0.5) is 5.69 Å². The maximum absolute atomic E-state index is 12.8. The Morgan fingerprint density at radius 1 is 0.678 bits per heavy atom. The number of aliphatic hydroxyl groups is 1. The van der Waals surface area contributed by atoms with Crippen molar-refractivity contribution >= 4 is 52.5 Å². The highest BCUT2D eigenvalue weighted by molar-refractivity contribution is 7.09. The highest BCUT2D eigenvalue weighted by Crippen LogP contribution is 2.19. The molecule has 59 heavy (non-hydrogen) atoms. The fourth-order valence-corrected chi connectivity index (χ4v) is 6.37. The first-order valence-corrected chi connectivity index (χ1v) is 19.9. The number of anilines is 1. The van der Waals surface area contributed by atoms with Crippen LogP contribution in [0.1, 0.15) is 34.9 Å². The van der Waals surface area contributed by atoms with Gasteiger partial charge in [0.15, 0.2) is 0 Å². The predicted octanol–water partition coefficient (Wildman–Crippen LogP) is 4.43. The van der Waals surface area contributed by atoms with Crippen LogP contribution >= 0.6 is 11.3 Å². The van der Waals surface area contributed by atoms with E-state index in [9.17, 15) is 39.0 Å². The number of carbonyl (C=O) groups excluding carboxylic acids is 5. The maximum Gasteiger partial charge on any atom is 0.326 e.